The van der Waals surface area contributed by atoms with Crippen LogP contribution in [-0.4, -0.2) is 12.0 Å². The third-order valence-electron chi connectivity index (χ3n) is 3.47. The second-order valence-corrected chi connectivity index (χ2v) is 6.34. The molecule has 0 aliphatic heterocycles. The number of alkyl halides is 3. The Morgan fingerprint density at radius 2 is 1.87 bits per heavy atom. The Morgan fingerprint density at radius 1 is 1.22 bits per heavy atom. The summed E-state index contributed by atoms with van der Waals surface area (Å²) in [5, 5.41) is 1.90. The largest absolute Gasteiger partial charge is 0.389 e. The number of rotatable bonds is 5. The van der Waals surface area contributed by atoms with Crippen molar-refractivity contribution in [1.29, 1.82) is 0 Å². The summed E-state index contributed by atoms with van der Waals surface area (Å²) in [6.45, 7) is 1.50. The highest BCUT2D eigenvalue weighted by molar-refractivity contribution is 7.12. The van der Waals surface area contributed by atoms with E-state index in [9.17, 15) is 13.2 Å². The van der Waals surface area contributed by atoms with Gasteiger partial charge >= 0.3 is 6.18 Å². The second kappa shape index (κ2) is 7.14. The summed E-state index contributed by atoms with van der Waals surface area (Å²) in [5.41, 5.74) is 13.1. The normalized spacial score (nSPS) is 15.4. The highest BCUT2D eigenvalue weighted by atomic mass is 32.1. The molecule has 0 saturated heterocycles. The molecule has 4 N–H and O–H groups in total. The molecule has 2 unspecified atom stereocenters. The fraction of sp³-hybridized carbons (Fsp3) is 0.312. The third-order valence-corrected chi connectivity index (χ3v) is 4.36. The van der Waals surface area contributed by atoms with Gasteiger partial charge in [0.15, 0.2) is 0 Å². The predicted octanol–water partition coefficient (Wildman–Crippen LogP) is 4.37. The Bertz CT molecular complexity index is 648. The van der Waals surface area contributed by atoms with Crippen LogP contribution in [-0.2, 0) is 0 Å². The van der Waals surface area contributed by atoms with Crippen LogP contribution >= 0.6 is 11.3 Å². The van der Waals surface area contributed by atoms with E-state index in [1.807, 2.05) is 17.5 Å². The van der Waals surface area contributed by atoms with Crippen molar-refractivity contribution in [3.63, 3.8) is 0 Å². The number of thiophene rings is 1. The molecule has 0 saturated carbocycles. The number of amidine groups is 1. The van der Waals surface area contributed by atoms with E-state index in [2.05, 4.69) is 4.99 Å². The highest BCUT2D eigenvalue weighted by Gasteiger charge is 2.32. The Morgan fingerprint density at radius 3 is 2.39 bits per heavy atom. The average molecular weight is 341 g/mol. The Kier molecular flexibility index (Phi) is 5.43. The molecule has 0 aliphatic rings. The molecular weight excluding hydrogens is 323 g/mol. The standard InChI is InChI=1S/C16H18F3N3S/c1-10(9-16(17,18)19)14(20)11-4-6-12(7-5-11)22-15(21)13-3-2-8-23-13/h2-8,10,14H,9,20H2,1H3,(H2,21,22). The van der Waals surface area contributed by atoms with Crippen molar-refractivity contribution in [2.75, 3.05) is 0 Å². The molecule has 0 radical (unpaired) electrons. The number of benzene rings is 1. The van der Waals surface area contributed by atoms with E-state index >= 15 is 0 Å². The van der Waals surface area contributed by atoms with Crippen molar-refractivity contribution in [3.05, 3.63) is 52.2 Å². The van der Waals surface area contributed by atoms with Gasteiger partial charge in [-0.2, -0.15) is 13.2 Å². The molecule has 3 nitrogen and oxygen atoms in total. The summed E-state index contributed by atoms with van der Waals surface area (Å²) in [6, 6.07) is 9.87. The van der Waals surface area contributed by atoms with E-state index in [1.165, 1.54) is 18.3 Å². The van der Waals surface area contributed by atoms with E-state index in [1.54, 1.807) is 24.3 Å². The molecule has 2 aromatic rings. The summed E-state index contributed by atoms with van der Waals surface area (Å²) in [5.74, 6) is -0.289. The smallest absolute Gasteiger partial charge is 0.383 e. The lowest BCUT2D eigenvalue weighted by molar-refractivity contribution is -0.144. The maximum absolute atomic E-state index is 12.4. The maximum atomic E-state index is 12.4. The van der Waals surface area contributed by atoms with Crippen molar-refractivity contribution in [1.82, 2.24) is 0 Å². The lowest BCUT2D eigenvalue weighted by Gasteiger charge is -2.21. The van der Waals surface area contributed by atoms with Crippen LogP contribution in [0.15, 0.2) is 46.8 Å². The topological polar surface area (TPSA) is 64.4 Å². The van der Waals surface area contributed by atoms with Gasteiger partial charge in [0.25, 0.3) is 0 Å². The van der Waals surface area contributed by atoms with E-state index in [4.69, 9.17) is 11.5 Å². The van der Waals surface area contributed by atoms with Crippen molar-refractivity contribution in [2.24, 2.45) is 22.4 Å². The van der Waals surface area contributed by atoms with Gasteiger partial charge in [-0.3, -0.25) is 0 Å². The summed E-state index contributed by atoms with van der Waals surface area (Å²) >= 11 is 1.49. The molecule has 0 bridgehead atoms. The maximum Gasteiger partial charge on any atom is 0.389 e. The SMILES string of the molecule is CC(CC(F)(F)F)C(N)c1ccc(N=C(N)c2cccs2)cc1. The van der Waals surface area contributed by atoms with Gasteiger partial charge in [-0.05, 0) is 35.1 Å². The zero-order chi connectivity index (χ0) is 17.0. The quantitative estimate of drug-likeness (QED) is 0.626. The van der Waals surface area contributed by atoms with Crippen LogP contribution in [0, 0.1) is 5.92 Å². The van der Waals surface area contributed by atoms with Crippen molar-refractivity contribution >= 4 is 22.9 Å². The van der Waals surface area contributed by atoms with Crippen molar-refractivity contribution in [3.8, 4) is 0 Å². The first-order valence-corrected chi connectivity index (χ1v) is 7.94. The molecule has 1 aromatic carbocycles. The molecule has 0 spiro atoms. The van der Waals surface area contributed by atoms with Gasteiger partial charge in [0.2, 0.25) is 0 Å². The minimum absolute atomic E-state index is 0.405. The fourth-order valence-electron chi connectivity index (χ4n) is 2.21. The fourth-order valence-corrected chi connectivity index (χ4v) is 2.84. The molecule has 0 fully saturated rings. The molecule has 124 valence electrons. The van der Waals surface area contributed by atoms with Crippen LogP contribution in [0.3, 0.4) is 0 Å². The average Bonchev–Trinajstić information content (AvgIpc) is 3.00. The van der Waals surface area contributed by atoms with E-state index < -0.39 is 24.6 Å². The molecule has 1 heterocycles. The van der Waals surface area contributed by atoms with Crippen LogP contribution in [0.25, 0.3) is 0 Å². The van der Waals surface area contributed by atoms with Crippen LogP contribution in [0.4, 0.5) is 18.9 Å². The van der Waals surface area contributed by atoms with Gasteiger partial charge in [0, 0.05) is 12.5 Å². The van der Waals surface area contributed by atoms with E-state index in [0.29, 0.717) is 17.1 Å². The van der Waals surface area contributed by atoms with Gasteiger partial charge < -0.3 is 11.5 Å². The molecule has 7 heteroatoms. The minimum atomic E-state index is -4.21. The van der Waals surface area contributed by atoms with Gasteiger partial charge in [-0.15, -0.1) is 11.3 Å². The van der Waals surface area contributed by atoms with Crippen LogP contribution in [0.5, 0.6) is 0 Å². The van der Waals surface area contributed by atoms with Crippen LogP contribution in [0.2, 0.25) is 0 Å². The van der Waals surface area contributed by atoms with Gasteiger partial charge in [0.05, 0.1) is 10.6 Å². The minimum Gasteiger partial charge on any atom is -0.383 e. The number of nitrogens with two attached hydrogens (primary N) is 2. The number of aliphatic imine (C=N–C) groups is 1. The van der Waals surface area contributed by atoms with E-state index in [0.717, 1.165) is 4.88 Å². The Labute approximate surface area is 136 Å². The molecule has 2 atom stereocenters. The summed E-state index contributed by atoms with van der Waals surface area (Å²) in [7, 11) is 0. The van der Waals surface area contributed by atoms with Gasteiger partial charge in [-0.1, -0.05) is 25.1 Å². The van der Waals surface area contributed by atoms with Gasteiger partial charge in [0.1, 0.15) is 5.84 Å². The first-order valence-electron chi connectivity index (χ1n) is 7.06. The molecule has 1 aromatic heterocycles. The highest BCUT2D eigenvalue weighted by Crippen LogP contribution is 2.31. The summed E-state index contributed by atoms with van der Waals surface area (Å²) in [4.78, 5) is 5.16. The number of hydrogen-bond acceptors (Lipinski definition) is 3. The zero-order valence-corrected chi connectivity index (χ0v) is 13.4. The lowest BCUT2D eigenvalue weighted by Crippen LogP contribution is -2.24. The lowest BCUT2D eigenvalue weighted by atomic mass is 9.92. The number of hydrogen-bond donors (Lipinski definition) is 2. The predicted molar refractivity (Wildman–Crippen MR) is 87.9 cm³/mol. The van der Waals surface area contributed by atoms with Crippen molar-refractivity contribution in [2.45, 2.75) is 25.6 Å². The number of nitrogens with zero attached hydrogens (tertiary/aromatic N) is 1. The Balaban J connectivity index is 2.09. The molecular formula is C16H18F3N3S. The summed E-state index contributed by atoms with van der Waals surface area (Å²) in [6.07, 6.45) is -5.12. The first kappa shape index (κ1) is 17.5. The number of halogens is 3. The van der Waals surface area contributed by atoms with Gasteiger partial charge in [-0.25, -0.2) is 4.99 Å². The molecule has 0 aliphatic carbocycles. The molecule has 0 amide bonds. The van der Waals surface area contributed by atoms with E-state index in [-0.39, 0.29) is 0 Å². The molecule has 2 rings (SSSR count). The third kappa shape index (κ3) is 5.07. The van der Waals surface area contributed by atoms with Crippen LogP contribution in [0.1, 0.15) is 29.8 Å². The zero-order valence-electron chi connectivity index (χ0n) is 12.5. The van der Waals surface area contributed by atoms with Crippen LogP contribution < -0.4 is 11.5 Å². The van der Waals surface area contributed by atoms with Crippen molar-refractivity contribution < 1.29 is 13.2 Å². The second-order valence-electron chi connectivity index (χ2n) is 5.39. The summed E-state index contributed by atoms with van der Waals surface area (Å²) < 4.78 is 37.3. The monoisotopic (exact) mass is 341 g/mol. The first-order chi connectivity index (χ1) is 10.8. The Hall–Kier alpha value is -1.86. The molecule has 23 heavy (non-hydrogen) atoms.